The second kappa shape index (κ2) is 6.57. The van der Waals surface area contributed by atoms with Crippen molar-refractivity contribution < 1.29 is 23.1 Å². The molecule has 3 N–H and O–H groups in total. The maximum atomic E-state index is 12.0. The molecule has 2 atom stereocenters. The smallest absolute Gasteiger partial charge is 0.319 e. The third kappa shape index (κ3) is 4.44. The number of aryl methyl sites for hydroxylation is 1. The molecule has 0 saturated heterocycles. The zero-order chi connectivity index (χ0) is 17.2. The number of amides is 2. The van der Waals surface area contributed by atoms with Gasteiger partial charge in [-0.05, 0) is 43.9 Å². The van der Waals surface area contributed by atoms with Crippen LogP contribution in [0.4, 0.5) is 10.5 Å². The second-order valence-electron chi connectivity index (χ2n) is 5.92. The first-order valence-corrected chi connectivity index (χ1v) is 9.17. The first-order chi connectivity index (χ1) is 10.7. The third-order valence-corrected chi connectivity index (χ3v) is 5.04. The average molecular weight is 340 g/mol. The van der Waals surface area contributed by atoms with Crippen molar-refractivity contribution in [1.29, 1.82) is 0 Å². The van der Waals surface area contributed by atoms with Gasteiger partial charge in [-0.2, -0.15) is 0 Å². The van der Waals surface area contributed by atoms with E-state index in [-0.39, 0.29) is 16.6 Å². The van der Waals surface area contributed by atoms with Crippen molar-refractivity contribution in [2.24, 2.45) is 5.92 Å². The highest BCUT2D eigenvalue weighted by Gasteiger charge is 2.30. The highest BCUT2D eigenvalue weighted by molar-refractivity contribution is 7.90. The average Bonchev–Trinajstić information content (AvgIpc) is 2.88. The number of sulfone groups is 1. The van der Waals surface area contributed by atoms with Gasteiger partial charge < -0.3 is 15.7 Å². The number of hydrogen-bond acceptors (Lipinski definition) is 4. The van der Waals surface area contributed by atoms with Crippen LogP contribution in [0.1, 0.15) is 24.8 Å². The van der Waals surface area contributed by atoms with Gasteiger partial charge in [-0.1, -0.05) is 6.07 Å². The summed E-state index contributed by atoms with van der Waals surface area (Å²) >= 11 is 0. The topological polar surface area (TPSA) is 113 Å². The number of rotatable bonds is 4. The predicted molar refractivity (Wildman–Crippen MR) is 85.2 cm³/mol. The lowest BCUT2D eigenvalue weighted by molar-refractivity contribution is -0.141. The lowest BCUT2D eigenvalue weighted by Gasteiger charge is -2.15. The summed E-state index contributed by atoms with van der Waals surface area (Å²) in [5.41, 5.74) is 0.986. The molecule has 0 unspecified atom stereocenters. The molecule has 0 aromatic heterocycles. The molecular formula is C15H20N2O5S. The Balaban J connectivity index is 2.06. The molecule has 1 fully saturated rings. The minimum atomic E-state index is -3.47. The van der Waals surface area contributed by atoms with Gasteiger partial charge in [0.25, 0.3) is 0 Å². The van der Waals surface area contributed by atoms with Crippen LogP contribution in [0.15, 0.2) is 23.1 Å². The van der Waals surface area contributed by atoms with Gasteiger partial charge in [0.15, 0.2) is 9.84 Å². The van der Waals surface area contributed by atoms with Crippen LogP contribution in [0.3, 0.4) is 0 Å². The van der Waals surface area contributed by atoms with Gasteiger partial charge in [0.1, 0.15) is 0 Å². The zero-order valence-corrected chi connectivity index (χ0v) is 13.8. The number of urea groups is 1. The van der Waals surface area contributed by atoms with Crippen LogP contribution in [-0.2, 0) is 14.6 Å². The number of hydrogen-bond donors (Lipinski definition) is 3. The molecule has 23 heavy (non-hydrogen) atoms. The van der Waals surface area contributed by atoms with Crippen LogP contribution >= 0.6 is 0 Å². The summed E-state index contributed by atoms with van der Waals surface area (Å²) in [6.07, 6.45) is 2.59. The summed E-state index contributed by atoms with van der Waals surface area (Å²) in [4.78, 5) is 23.0. The van der Waals surface area contributed by atoms with Crippen LogP contribution in [0.25, 0.3) is 0 Å². The molecule has 1 aliphatic carbocycles. The fourth-order valence-electron chi connectivity index (χ4n) is 2.72. The van der Waals surface area contributed by atoms with Crippen molar-refractivity contribution in [2.75, 3.05) is 11.6 Å². The standard InChI is InChI=1S/C15H20N2O5S/c1-9-3-6-12(13(7-9)23(2,21)22)17-15(20)16-11-5-4-10(8-11)14(18)19/h3,6-7,10-11H,4-5,8H2,1-2H3,(H,18,19)(H2,16,17,20)/t10-,11+/m0/s1. The molecule has 0 spiro atoms. The number of nitrogens with one attached hydrogen (secondary N) is 2. The minimum Gasteiger partial charge on any atom is -0.481 e. The second-order valence-corrected chi connectivity index (χ2v) is 7.90. The lowest BCUT2D eigenvalue weighted by Crippen LogP contribution is -2.37. The Morgan fingerprint density at radius 3 is 2.52 bits per heavy atom. The van der Waals surface area contributed by atoms with Gasteiger partial charge in [0.05, 0.1) is 16.5 Å². The first-order valence-electron chi connectivity index (χ1n) is 7.28. The Morgan fingerprint density at radius 1 is 1.26 bits per heavy atom. The molecule has 8 heteroatoms. The summed E-state index contributed by atoms with van der Waals surface area (Å²) in [7, 11) is -3.47. The fraction of sp³-hybridized carbons (Fsp3) is 0.467. The number of carboxylic acid groups (broad SMARTS) is 1. The zero-order valence-electron chi connectivity index (χ0n) is 13.0. The van der Waals surface area contributed by atoms with Crippen molar-refractivity contribution >= 4 is 27.5 Å². The number of aliphatic carboxylic acids is 1. The summed E-state index contributed by atoms with van der Waals surface area (Å²) in [6, 6.07) is 4.00. The van der Waals surface area contributed by atoms with Crippen LogP contribution < -0.4 is 10.6 Å². The molecule has 1 saturated carbocycles. The molecule has 0 aliphatic heterocycles. The van der Waals surface area contributed by atoms with Crippen molar-refractivity contribution in [1.82, 2.24) is 5.32 Å². The summed E-state index contributed by atoms with van der Waals surface area (Å²) in [6.45, 7) is 1.77. The van der Waals surface area contributed by atoms with E-state index < -0.39 is 27.8 Å². The Bertz CT molecular complexity index is 729. The molecule has 2 amide bonds. The maximum Gasteiger partial charge on any atom is 0.319 e. The molecule has 7 nitrogen and oxygen atoms in total. The van der Waals surface area contributed by atoms with Gasteiger partial charge >= 0.3 is 12.0 Å². The first kappa shape index (κ1) is 17.3. The lowest BCUT2D eigenvalue weighted by atomic mass is 10.1. The van der Waals surface area contributed by atoms with E-state index in [2.05, 4.69) is 10.6 Å². The number of benzene rings is 1. The van der Waals surface area contributed by atoms with E-state index in [1.54, 1.807) is 19.1 Å². The van der Waals surface area contributed by atoms with E-state index in [9.17, 15) is 18.0 Å². The van der Waals surface area contributed by atoms with Crippen molar-refractivity contribution in [3.05, 3.63) is 23.8 Å². The predicted octanol–water partition coefficient (Wildman–Crippen LogP) is 1.77. The molecule has 126 valence electrons. The monoisotopic (exact) mass is 340 g/mol. The van der Waals surface area contributed by atoms with E-state index >= 15 is 0 Å². The number of carbonyl (C=O) groups excluding carboxylic acids is 1. The van der Waals surface area contributed by atoms with Crippen molar-refractivity contribution in [3.8, 4) is 0 Å². The molecule has 2 rings (SSSR count). The molecule has 0 bridgehead atoms. The Hall–Kier alpha value is -2.09. The highest BCUT2D eigenvalue weighted by atomic mass is 32.2. The number of carbonyl (C=O) groups is 2. The van der Waals surface area contributed by atoms with Gasteiger partial charge in [-0.15, -0.1) is 0 Å². The van der Waals surface area contributed by atoms with E-state index in [1.807, 2.05) is 0 Å². The number of anilines is 1. The molecule has 0 radical (unpaired) electrons. The summed E-state index contributed by atoms with van der Waals surface area (Å²) < 4.78 is 23.6. The normalized spacial score (nSPS) is 21.0. The van der Waals surface area contributed by atoms with Crippen LogP contribution in [-0.4, -0.2) is 37.8 Å². The minimum absolute atomic E-state index is 0.0579. The Morgan fingerprint density at radius 2 is 1.96 bits per heavy atom. The largest absolute Gasteiger partial charge is 0.481 e. The van der Waals surface area contributed by atoms with Crippen molar-refractivity contribution in [3.63, 3.8) is 0 Å². The van der Waals surface area contributed by atoms with E-state index in [1.165, 1.54) is 6.07 Å². The van der Waals surface area contributed by atoms with Crippen LogP contribution in [0.5, 0.6) is 0 Å². The molecule has 1 aromatic rings. The summed E-state index contributed by atoms with van der Waals surface area (Å²) in [5, 5.41) is 14.2. The SMILES string of the molecule is Cc1ccc(NC(=O)N[C@@H]2CC[C@H](C(=O)O)C2)c(S(C)(=O)=O)c1. The van der Waals surface area contributed by atoms with E-state index in [4.69, 9.17) is 5.11 Å². The molecule has 0 heterocycles. The molecular weight excluding hydrogens is 320 g/mol. The molecule has 1 aliphatic rings. The van der Waals surface area contributed by atoms with E-state index in [0.29, 0.717) is 19.3 Å². The Labute approximate surface area is 135 Å². The maximum absolute atomic E-state index is 12.0. The van der Waals surface area contributed by atoms with Gasteiger partial charge in [0, 0.05) is 12.3 Å². The van der Waals surface area contributed by atoms with Gasteiger partial charge in [-0.25, -0.2) is 13.2 Å². The summed E-state index contributed by atoms with van der Waals surface area (Å²) in [5.74, 6) is -1.29. The van der Waals surface area contributed by atoms with Crippen LogP contribution in [0.2, 0.25) is 0 Å². The molecule has 1 aromatic carbocycles. The van der Waals surface area contributed by atoms with Gasteiger partial charge in [-0.3, -0.25) is 4.79 Å². The van der Waals surface area contributed by atoms with Crippen LogP contribution in [0, 0.1) is 12.8 Å². The third-order valence-electron chi connectivity index (χ3n) is 3.90. The number of carboxylic acids is 1. The van der Waals surface area contributed by atoms with E-state index in [0.717, 1.165) is 11.8 Å². The quantitative estimate of drug-likeness (QED) is 0.773. The highest BCUT2D eigenvalue weighted by Crippen LogP contribution is 2.26. The Kier molecular flexibility index (Phi) is 4.93. The van der Waals surface area contributed by atoms with Crippen molar-refractivity contribution in [2.45, 2.75) is 37.1 Å². The van der Waals surface area contributed by atoms with Gasteiger partial charge in [0.2, 0.25) is 0 Å². The fourth-order valence-corrected chi connectivity index (χ4v) is 3.64.